The standard InChI is InChI=1S/C14H17F2N3O3/c1-8(2)13-19-18-12(22-13)7-17-10-6-9(20-3)4-5-11(10)21-14(15)16/h4-6,8,14,17H,7H2,1-3H3. The van der Waals surface area contributed by atoms with E-state index in [2.05, 4.69) is 20.3 Å². The molecular formula is C14H17F2N3O3. The topological polar surface area (TPSA) is 69.4 Å². The van der Waals surface area contributed by atoms with Gasteiger partial charge in [0, 0.05) is 12.0 Å². The largest absolute Gasteiger partial charge is 0.497 e. The summed E-state index contributed by atoms with van der Waals surface area (Å²) < 4.78 is 39.8. The fourth-order valence-electron chi connectivity index (χ4n) is 1.72. The van der Waals surface area contributed by atoms with Gasteiger partial charge in [0.05, 0.1) is 19.3 Å². The number of alkyl halides is 2. The van der Waals surface area contributed by atoms with Gasteiger partial charge in [0.1, 0.15) is 11.5 Å². The van der Waals surface area contributed by atoms with Crippen molar-refractivity contribution in [1.82, 2.24) is 10.2 Å². The maximum Gasteiger partial charge on any atom is 0.387 e. The Morgan fingerprint density at radius 2 is 2.05 bits per heavy atom. The third kappa shape index (κ3) is 4.06. The lowest BCUT2D eigenvalue weighted by Gasteiger charge is -2.13. The van der Waals surface area contributed by atoms with Crippen LogP contribution in [0.4, 0.5) is 14.5 Å². The van der Waals surface area contributed by atoms with Crippen molar-refractivity contribution in [3.8, 4) is 11.5 Å². The molecule has 0 bridgehead atoms. The second-order valence-electron chi connectivity index (χ2n) is 4.78. The van der Waals surface area contributed by atoms with Crippen LogP contribution in [0, 0.1) is 0 Å². The smallest absolute Gasteiger partial charge is 0.387 e. The molecule has 0 saturated heterocycles. The van der Waals surface area contributed by atoms with E-state index in [9.17, 15) is 8.78 Å². The Balaban J connectivity index is 2.12. The number of nitrogens with one attached hydrogen (secondary N) is 1. The summed E-state index contributed by atoms with van der Waals surface area (Å²) in [6.07, 6.45) is 0. The Hall–Kier alpha value is -2.38. The van der Waals surface area contributed by atoms with E-state index in [1.54, 1.807) is 6.07 Å². The fraction of sp³-hybridized carbons (Fsp3) is 0.429. The zero-order chi connectivity index (χ0) is 16.1. The number of hydrogen-bond donors (Lipinski definition) is 1. The van der Waals surface area contributed by atoms with Crippen LogP contribution < -0.4 is 14.8 Å². The lowest BCUT2D eigenvalue weighted by atomic mass is 10.2. The van der Waals surface area contributed by atoms with Crippen LogP contribution in [0.1, 0.15) is 31.5 Å². The highest BCUT2D eigenvalue weighted by Gasteiger charge is 2.13. The molecule has 1 N–H and O–H groups in total. The number of ether oxygens (including phenoxy) is 2. The van der Waals surface area contributed by atoms with Crippen molar-refractivity contribution in [2.24, 2.45) is 0 Å². The Bertz CT molecular complexity index is 617. The summed E-state index contributed by atoms with van der Waals surface area (Å²) in [4.78, 5) is 0. The highest BCUT2D eigenvalue weighted by molar-refractivity contribution is 5.59. The van der Waals surface area contributed by atoms with Crippen molar-refractivity contribution in [2.45, 2.75) is 32.9 Å². The summed E-state index contributed by atoms with van der Waals surface area (Å²) in [7, 11) is 1.49. The minimum absolute atomic E-state index is 0.0133. The van der Waals surface area contributed by atoms with Gasteiger partial charge in [-0.3, -0.25) is 0 Å². The highest BCUT2D eigenvalue weighted by atomic mass is 19.3. The minimum Gasteiger partial charge on any atom is -0.497 e. The Morgan fingerprint density at radius 1 is 1.27 bits per heavy atom. The van der Waals surface area contributed by atoms with Gasteiger partial charge in [0.15, 0.2) is 0 Å². The van der Waals surface area contributed by atoms with E-state index in [0.29, 0.717) is 23.2 Å². The molecule has 1 heterocycles. The van der Waals surface area contributed by atoms with Crippen molar-refractivity contribution >= 4 is 5.69 Å². The van der Waals surface area contributed by atoms with Crippen molar-refractivity contribution in [1.29, 1.82) is 0 Å². The van der Waals surface area contributed by atoms with Crippen LogP contribution >= 0.6 is 0 Å². The summed E-state index contributed by atoms with van der Waals surface area (Å²) in [5.74, 6) is 1.52. The molecule has 8 heteroatoms. The van der Waals surface area contributed by atoms with Gasteiger partial charge in [-0.25, -0.2) is 0 Å². The van der Waals surface area contributed by atoms with Crippen molar-refractivity contribution in [2.75, 3.05) is 12.4 Å². The molecule has 22 heavy (non-hydrogen) atoms. The zero-order valence-electron chi connectivity index (χ0n) is 12.5. The number of nitrogens with zero attached hydrogens (tertiary/aromatic N) is 2. The predicted molar refractivity (Wildman–Crippen MR) is 75.3 cm³/mol. The number of halogens is 2. The molecular weight excluding hydrogens is 296 g/mol. The van der Waals surface area contributed by atoms with Crippen LogP contribution in [-0.4, -0.2) is 23.9 Å². The second-order valence-corrected chi connectivity index (χ2v) is 4.78. The molecule has 0 fully saturated rings. The molecule has 0 aliphatic carbocycles. The maximum atomic E-state index is 12.4. The normalized spacial score (nSPS) is 11.0. The minimum atomic E-state index is -2.91. The van der Waals surface area contributed by atoms with Crippen molar-refractivity contribution < 1.29 is 22.7 Å². The maximum absolute atomic E-state index is 12.4. The molecule has 0 aliphatic rings. The molecule has 1 aromatic heterocycles. The second kappa shape index (κ2) is 7.06. The Kier molecular flexibility index (Phi) is 5.13. The predicted octanol–water partition coefficient (Wildman–Crippen LogP) is 3.42. The van der Waals surface area contributed by atoms with E-state index in [4.69, 9.17) is 9.15 Å². The summed E-state index contributed by atoms with van der Waals surface area (Å²) >= 11 is 0. The van der Waals surface area contributed by atoms with Crippen LogP contribution in [0.15, 0.2) is 22.6 Å². The third-order valence-corrected chi connectivity index (χ3v) is 2.81. The highest BCUT2D eigenvalue weighted by Crippen LogP contribution is 2.30. The molecule has 0 unspecified atom stereocenters. The van der Waals surface area contributed by atoms with Crippen LogP contribution in [0.3, 0.4) is 0 Å². The van der Waals surface area contributed by atoms with Crippen LogP contribution in [0.25, 0.3) is 0 Å². The zero-order valence-corrected chi connectivity index (χ0v) is 12.5. The third-order valence-electron chi connectivity index (χ3n) is 2.81. The van der Waals surface area contributed by atoms with Crippen molar-refractivity contribution in [3.63, 3.8) is 0 Å². The molecule has 2 aromatic rings. The van der Waals surface area contributed by atoms with Crippen LogP contribution in [-0.2, 0) is 6.54 Å². The van der Waals surface area contributed by atoms with Gasteiger partial charge in [-0.2, -0.15) is 8.78 Å². The molecule has 0 atom stereocenters. The summed E-state index contributed by atoms with van der Waals surface area (Å²) in [6, 6.07) is 4.49. The molecule has 1 aromatic carbocycles. The van der Waals surface area contributed by atoms with Gasteiger partial charge >= 0.3 is 6.61 Å². The summed E-state index contributed by atoms with van der Waals surface area (Å²) in [6.45, 7) is 1.14. The van der Waals surface area contributed by atoms with Gasteiger partial charge < -0.3 is 19.2 Å². The molecule has 0 saturated carbocycles. The Morgan fingerprint density at radius 3 is 2.64 bits per heavy atom. The first-order valence-corrected chi connectivity index (χ1v) is 6.68. The average Bonchev–Trinajstić information content (AvgIpc) is 2.95. The summed E-state index contributed by atoms with van der Waals surface area (Å²) in [5.41, 5.74) is 0.351. The van der Waals surface area contributed by atoms with E-state index in [1.807, 2.05) is 13.8 Å². The molecule has 2 rings (SSSR count). The van der Waals surface area contributed by atoms with E-state index in [0.717, 1.165) is 0 Å². The molecule has 120 valence electrons. The molecule has 0 radical (unpaired) electrons. The van der Waals surface area contributed by atoms with E-state index in [-0.39, 0.29) is 18.2 Å². The van der Waals surface area contributed by atoms with Gasteiger partial charge in [-0.1, -0.05) is 13.8 Å². The first-order valence-electron chi connectivity index (χ1n) is 6.68. The Labute approximate surface area is 126 Å². The lowest BCUT2D eigenvalue weighted by molar-refractivity contribution is -0.0494. The summed E-state index contributed by atoms with van der Waals surface area (Å²) in [5, 5.41) is 10.7. The number of anilines is 1. The lowest BCUT2D eigenvalue weighted by Crippen LogP contribution is -2.07. The molecule has 0 aliphatic heterocycles. The number of aromatic nitrogens is 2. The first kappa shape index (κ1) is 16.0. The van der Waals surface area contributed by atoms with E-state index >= 15 is 0 Å². The quantitative estimate of drug-likeness (QED) is 0.844. The number of benzene rings is 1. The SMILES string of the molecule is COc1ccc(OC(F)F)c(NCc2nnc(C(C)C)o2)c1. The number of rotatable bonds is 7. The van der Waals surface area contributed by atoms with Gasteiger partial charge in [-0.05, 0) is 12.1 Å². The van der Waals surface area contributed by atoms with Gasteiger partial charge in [0.2, 0.25) is 11.8 Å². The van der Waals surface area contributed by atoms with Crippen LogP contribution in [0.5, 0.6) is 11.5 Å². The van der Waals surface area contributed by atoms with Gasteiger partial charge in [-0.15, -0.1) is 10.2 Å². The molecule has 0 amide bonds. The monoisotopic (exact) mass is 313 g/mol. The first-order chi connectivity index (χ1) is 10.5. The van der Waals surface area contributed by atoms with E-state index < -0.39 is 6.61 Å². The number of methoxy groups -OCH3 is 1. The number of hydrogen-bond acceptors (Lipinski definition) is 6. The fourth-order valence-corrected chi connectivity index (χ4v) is 1.72. The molecule has 6 nitrogen and oxygen atoms in total. The van der Waals surface area contributed by atoms with Gasteiger partial charge in [0.25, 0.3) is 0 Å². The van der Waals surface area contributed by atoms with Crippen LogP contribution in [0.2, 0.25) is 0 Å². The van der Waals surface area contributed by atoms with Crippen molar-refractivity contribution in [3.05, 3.63) is 30.0 Å². The average molecular weight is 313 g/mol. The van der Waals surface area contributed by atoms with E-state index in [1.165, 1.54) is 19.2 Å². The molecule has 0 spiro atoms.